The monoisotopic (exact) mass is 279 g/mol. The van der Waals surface area contributed by atoms with Gasteiger partial charge in [-0.25, -0.2) is 0 Å². The molecule has 1 fully saturated rings. The molecule has 1 amide bonds. The van der Waals surface area contributed by atoms with E-state index in [2.05, 4.69) is 0 Å². The Morgan fingerprint density at radius 1 is 1.47 bits per heavy atom. The molecule has 1 aliphatic rings. The van der Waals surface area contributed by atoms with E-state index in [9.17, 15) is 9.59 Å². The van der Waals surface area contributed by atoms with Crippen LogP contribution in [0.15, 0.2) is 23.6 Å². The first-order valence-corrected chi connectivity index (χ1v) is 7.08. The lowest BCUT2D eigenvalue weighted by molar-refractivity contribution is -0.146. The third-order valence-electron chi connectivity index (χ3n) is 3.36. The lowest BCUT2D eigenvalue weighted by Crippen LogP contribution is -2.28. The van der Waals surface area contributed by atoms with Gasteiger partial charge in [-0.05, 0) is 23.4 Å². The van der Waals surface area contributed by atoms with Crippen molar-refractivity contribution in [2.75, 3.05) is 20.2 Å². The van der Waals surface area contributed by atoms with E-state index in [0.29, 0.717) is 13.1 Å². The number of rotatable bonds is 3. The van der Waals surface area contributed by atoms with Gasteiger partial charge < -0.3 is 9.64 Å². The van der Waals surface area contributed by atoms with E-state index < -0.39 is 0 Å². The summed E-state index contributed by atoms with van der Waals surface area (Å²) in [5, 5.41) is 1.97. The fourth-order valence-corrected chi connectivity index (χ4v) is 2.87. The number of likely N-dealkylation sites (tertiary alicyclic amines) is 1. The first-order valence-electron chi connectivity index (χ1n) is 6.20. The van der Waals surface area contributed by atoms with Crippen molar-refractivity contribution in [1.82, 2.24) is 4.90 Å². The van der Waals surface area contributed by atoms with Crippen LogP contribution in [0.4, 0.5) is 0 Å². The van der Waals surface area contributed by atoms with Crippen molar-refractivity contribution in [2.24, 2.45) is 11.8 Å². The summed E-state index contributed by atoms with van der Waals surface area (Å²) >= 11 is 1.59. The predicted molar refractivity (Wildman–Crippen MR) is 74.6 cm³/mol. The second-order valence-electron chi connectivity index (χ2n) is 4.70. The SMILES string of the molecule is COC(=O)C1CN(C(=O)C=Cc2cccs2)CC1C. The van der Waals surface area contributed by atoms with E-state index in [-0.39, 0.29) is 23.7 Å². The highest BCUT2D eigenvalue weighted by atomic mass is 32.1. The molecule has 19 heavy (non-hydrogen) atoms. The summed E-state index contributed by atoms with van der Waals surface area (Å²) in [5.41, 5.74) is 0. The molecule has 0 aliphatic carbocycles. The number of amides is 1. The van der Waals surface area contributed by atoms with Crippen molar-refractivity contribution < 1.29 is 14.3 Å². The molecule has 5 heteroatoms. The Hall–Kier alpha value is -1.62. The minimum absolute atomic E-state index is 0.0494. The number of carbonyl (C=O) groups is 2. The Morgan fingerprint density at radius 2 is 2.26 bits per heavy atom. The minimum Gasteiger partial charge on any atom is -0.469 e. The van der Waals surface area contributed by atoms with E-state index >= 15 is 0 Å². The first kappa shape index (κ1) is 13.8. The van der Waals surface area contributed by atoms with E-state index in [0.717, 1.165) is 4.88 Å². The number of ether oxygens (including phenoxy) is 1. The summed E-state index contributed by atoms with van der Waals surface area (Å²) in [5.74, 6) is -0.340. The highest BCUT2D eigenvalue weighted by Gasteiger charge is 2.36. The average Bonchev–Trinajstić information content (AvgIpc) is 3.04. The van der Waals surface area contributed by atoms with Crippen LogP contribution >= 0.6 is 11.3 Å². The van der Waals surface area contributed by atoms with Gasteiger partial charge in [-0.15, -0.1) is 11.3 Å². The summed E-state index contributed by atoms with van der Waals surface area (Å²) < 4.78 is 4.76. The quantitative estimate of drug-likeness (QED) is 0.628. The number of thiophene rings is 1. The molecule has 0 saturated carbocycles. The standard InChI is InChI=1S/C14H17NO3S/c1-10-8-15(9-12(10)14(17)18-2)13(16)6-5-11-4-3-7-19-11/h3-7,10,12H,8-9H2,1-2H3. The number of hydrogen-bond donors (Lipinski definition) is 0. The van der Waals surface area contributed by atoms with Gasteiger partial charge in [-0.2, -0.15) is 0 Å². The van der Waals surface area contributed by atoms with Crippen LogP contribution in [0, 0.1) is 11.8 Å². The Bertz CT molecular complexity index is 481. The maximum Gasteiger partial charge on any atom is 0.310 e. The molecule has 2 unspecified atom stereocenters. The summed E-state index contributed by atoms with van der Waals surface area (Å²) in [7, 11) is 1.39. The summed E-state index contributed by atoms with van der Waals surface area (Å²) in [4.78, 5) is 26.3. The normalized spacial score (nSPS) is 22.9. The molecule has 1 aromatic rings. The van der Waals surface area contributed by atoms with E-state index in [1.165, 1.54) is 7.11 Å². The number of carbonyl (C=O) groups excluding carboxylic acids is 2. The highest BCUT2D eigenvalue weighted by molar-refractivity contribution is 7.10. The van der Waals surface area contributed by atoms with Crippen LogP contribution in [0.3, 0.4) is 0 Å². The van der Waals surface area contributed by atoms with Gasteiger partial charge in [-0.1, -0.05) is 13.0 Å². The molecule has 2 atom stereocenters. The van der Waals surface area contributed by atoms with E-state index in [1.807, 2.05) is 30.5 Å². The van der Waals surface area contributed by atoms with Crippen LogP contribution in [0.5, 0.6) is 0 Å². The first-order chi connectivity index (χ1) is 9.11. The third-order valence-corrected chi connectivity index (χ3v) is 4.20. The molecule has 0 radical (unpaired) electrons. The van der Waals surface area contributed by atoms with Gasteiger partial charge in [0.25, 0.3) is 0 Å². The van der Waals surface area contributed by atoms with Gasteiger partial charge in [0.15, 0.2) is 0 Å². The van der Waals surface area contributed by atoms with Crippen molar-refractivity contribution in [1.29, 1.82) is 0 Å². The zero-order valence-electron chi connectivity index (χ0n) is 11.0. The van der Waals surface area contributed by atoms with Crippen molar-refractivity contribution in [2.45, 2.75) is 6.92 Å². The minimum atomic E-state index is -0.231. The van der Waals surface area contributed by atoms with Gasteiger partial charge >= 0.3 is 5.97 Å². The van der Waals surface area contributed by atoms with Gasteiger partial charge in [-0.3, -0.25) is 9.59 Å². The number of hydrogen-bond acceptors (Lipinski definition) is 4. The maximum atomic E-state index is 12.0. The molecule has 0 bridgehead atoms. The van der Waals surface area contributed by atoms with Gasteiger partial charge in [0, 0.05) is 24.0 Å². The Kier molecular flexibility index (Phi) is 4.37. The maximum absolute atomic E-state index is 12.0. The van der Waals surface area contributed by atoms with Crippen molar-refractivity contribution in [3.63, 3.8) is 0 Å². The molecule has 1 aromatic heterocycles. The van der Waals surface area contributed by atoms with Crippen molar-refractivity contribution >= 4 is 29.3 Å². The van der Waals surface area contributed by atoms with Gasteiger partial charge in [0.05, 0.1) is 13.0 Å². The van der Waals surface area contributed by atoms with Crippen LogP contribution < -0.4 is 0 Å². The molecule has 2 rings (SSSR count). The largest absolute Gasteiger partial charge is 0.469 e. The molecule has 0 N–H and O–H groups in total. The van der Waals surface area contributed by atoms with Crippen molar-refractivity contribution in [3.05, 3.63) is 28.5 Å². The predicted octanol–water partition coefficient (Wildman–Crippen LogP) is 2.03. The molecule has 0 spiro atoms. The molecule has 1 saturated heterocycles. The number of nitrogens with zero attached hydrogens (tertiary/aromatic N) is 1. The summed E-state index contributed by atoms with van der Waals surface area (Å²) in [6.45, 7) is 3.02. The average molecular weight is 279 g/mol. The molecule has 102 valence electrons. The van der Waals surface area contributed by atoms with Crippen LogP contribution in [0.25, 0.3) is 6.08 Å². The number of esters is 1. The zero-order valence-corrected chi connectivity index (χ0v) is 11.9. The van der Waals surface area contributed by atoms with Gasteiger partial charge in [0.1, 0.15) is 0 Å². The molecule has 4 nitrogen and oxygen atoms in total. The highest BCUT2D eigenvalue weighted by Crippen LogP contribution is 2.24. The second-order valence-corrected chi connectivity index (χ2v) is 5.68. The van der Waals surface area contributed by atoms with Crippen LogP contribution in [-0.2, 0) is 14.3 Å². The molecule has 0 aromatic carbocycles. The molecular weight excluding hydrogens is 262 g/mol. The fraction of sp³-hybridized carbons (Fsp3) is 0.429. The Morgan fingerprint density at radius 3 is 2.89 bits per heavy atom. The smallest absolute Gasteiger partial charge is 0.310 e. The molecule has 1 aliphatic heterocycles. The third kappa shape index (κ3) is 3.23. The van der Waals surface area contributed by atoms with Crippen LogP contribution in [0.2, 0.25) is 0 Å². The lowest BCUT2D eigenvalue weighted by Gasteiger charge is -2.13. The lowest BCUT2D eigenvalue weighted by atomic mass is 9.99. The number of methoxy groups -OCH3 is 1. The summed E-state index contributed by atoms with van der Waals surface area (Å²) in [6.07, 6.45) is 3.38. The fourth-order valence-electron chi connectivity index (χ4n) is 2.25. The van der Waals surface area contributed by atoms with Gasteiger partial charge in [0.2, 0.25) is 5.91 Å². The zero-order chi connectivity index (χ0) is 13.8. The molecule has 2 heterocycles. The Labute approximate surface area is 116 Å². The molecular formula is C14H17NO3S. The topological polar surface area (TPSA) is 46.6 Å². The van der Waals surface area contributed by atoms with Crippen molar-refractivity contribution in [3.8, 4) is 0 Å². The van der Waals surface area contributed by atoms with Crippen LogP contribution in [0.1, 0.15) is 11.8 Å². The van der Waals surface area contributed by atoms with Crippen LogP contribution in [-0.4, -0.2) is 37.0 Å². The van der Waals surface area contributed by atoms with E-state index in [1.54, 1.807) is 22.3 Å². The Balaban J connectivity index is 1.96. The summed E-state index contributed by atoms with van der Waals surface area (Å²) in [6, 6.07) is 3.90. The van der Waals surface area contributed by atoms with E-state index in [4.69, 9.17) is 4.74 Å². The second kappa shape index (κ2) is 6.02.